The van der Waals surface area contributed by atoms with Crippen molar-refractivity contribution in [3.63, 3.8) is 0 Å². The average Bonchev–Trinajstić information content (AvgIpc) is 2.58. The van der Waals surface area contributed by atoms with Gasteiger partial charge in [-0.2, -0.15) is 5.10 Å². The second kappa shape index (κ2) is 7.12. The summed E-state index contributed by atoms with van der Waals surface area (Å²) in [5, 5.41) is 8.56. The molecular formula is C13H25ClN4. The first-order valence-electron chi connectivity index (χ1n) is 6.63. The number of aromatic nitrogens is 2. The van der Waals surface area contributed by atoms with Gasteiger partial charge in [0.1, 0.15) is 5.15 Å². The molecule has 0 radical (unpaired) electrons. The highest BCUT2D eigenvalue weighted by Gasteiger charge is 2.12. The molecule has 1 unspecified atom stereocenters. The number of nitrogens with zero attached hydrogens (tertiary/aromatic N) is 3. The van der Waals surface area contributed by atoms with Crippen LogP contribution in [0.15, 0.2) is 0 Å². The smallest absolute Gasteiger partial charge is 0.131 e. The van der Waals surface area contributed by atoms with Gasteiger partial charge in [0.2, 0.25) is 0 Å². The Bertz CT molecular complexity index is 371. The fourth-order valence-electron chi connectivity index (χ4n) is 2.08. The van der Waals surface area contributed by atoms with Crippen LogP contribution in [-0.2, 0) is 13.6 Å². The van der Waals surface area contributed by atoms with E-state index in [-0.39, 0.29) is 0 Å². The van der Waals surface area contributed by atoms with E-state index in [4.69, 9.17) is 11.6 Å². The van der Waals surface area contributed by atoms with E-state index in [2.05, 4.69) is 36.1 Å². The van der Waals surface area contributed by atoms with Gasteiger partial charge in [-0.25, -0.2) is 0 Å². The van der Waals surface area contributed by atoms with Gasteiger partial charge in [0.15, 0.2) is 0 Å². The van der Waals surface area contributed by atoms with E-state index in [1.54, 1.807) is 4.68 Å². The molecule has 0 aliphatic carbocycles. The van der Waals surface area contributed by atoms with Crippen LogP contribution in [0, 0.1) is 6.92 Å². The van der Waals surface area contributed by atoms with Crippen LogP contribution in [-0.4, -0.2) is 40.4 Å². The van der Waals surface area contributed by atoms with Crippen molar-refractivity contribution in [2.45, 2.75) is 40.3 Å². The van der Waals surface area contributed by atoms with Crippen LogP contribution in [0.1, 0.15) is 32.0 Å². The van der Waals surface area contributed by atoms with Gasteiger partial charge in [-0.1, -0.05) is 25.4 Å². The number of halogens is 1. The summed E-state index contributed by atoms with van der Waals surface area (Å²) in [6.45, 7) is 12.6. The molecule has 4 nitrogen and oxygen atoms in total. The molecule has 0 saturated heterocycles. The maximum atomic E-state index is 6.21. The first kappa shape index (κ1) is 15.5. The average molecular weight is 273 g/mol. The van der Waals surface area contributed by atoms with Crippen LogP contribution in [0.5, 0.6) is 0 Å². The molecule has 0 fully saturated rings. The minimum absolute atomic E-state index is 0.445. The molecule has 1 atom stereocenters. The molecule has 0 amide bonds. The minimum Gasteiger partial charge on any atom is -0.309 e. The number of hydrogen-bond acceptors (Lipinski definition) is 3. The van der Waals surface area contributed by atoms with Crippen LogP contribution >= 0.6 is 11.6 Å². The highest BCUT2D eigenvalue weighted by atomic mass is 35.5. The van der Waals surface area contributed by atoms with Crippen molar-refractivity contribution in [3.05, 3.63) is 16.4 Å². The van der Waals surface area contributed by atoms with Crippen LogP contribution in [0.4, 0.5) is 0 Å². The Morgan fingerprint density at radius 1 is 1.39 bits per heavy atom. The molecule has 0 aliphatic rings. The topological polar surface area (TPSA) is 33.1 Å². The lowest BCUT2D eigenvalue weighted by atomic mass is 10.2. The lowest BCUT2D eigenvalue weighted by molar-refractivity contribution is 0.270. The maximum absolute atomic E-state index is 6.21. The van der Waals surface area contributed by atoms with Crippen molar-refractivity contribution >= 4 is 11.6 Å². The predicted octanol–water partition coefficient (Wildman–Crippen LogP) is 2.20. The molecule has 0 aromatic carbocycles. The molecule has 104 valence electrons. The summed E-state index contributed by atoms with van der Waals surface area (Å²) in [5.74, 6) is 0. The zero-order chi connectivity index (χ0) is 13.7. The van der Waals surface area contributed by atoms with Gasteiger partial charge >= 0.3 is 0 Å². The number of likely N-dealkylation sites (N-methyl/N-ethyl adjacent to an activating group) is 1. The zero-order valence-electron chi connectivity index (χ0n) is 12.1. The fraction of sp³-hybridized carbons (Fsp3) is 0.769. The van der Waals surface area contributed by atoms with Crippen molar-refractivity contribution in [1.29, 1.82) is 0 Å². The highest BCUT2D eigenvalue weighted by molar-refractivity contribution is 6.30. The van der Waals surface area contributed by atoms with Gasteiger partial charge in [0, 0.05) is 31.7 Å². The Hall–Kier alpha value is -0.580. The SMILES string of the molecule is CCN(CC)CC(C)NCc1c(C)nn(C)c1Cl. The monoisotopic (exact) mass is 272 g/mol. The van der Waals surface area contributed by atoms with Crippen molar-refractivity contribution < 1.29 is 0 Å². The summed E-state index contributed by atoms with van der Waals surface area (Å²) in [6.07, 6.45) is 0. The normalized spacial score (nSPS) is 13.3. The Morgan fingerprint density at radius 2 is 2.00 bits per heavy atom. The summed E-state index contributed by atoms with van der Waals surface area (Å²) < 4.78 is 1.73. The number of nitrogens with one attached hydrogen (secondary N) is 1. The van der Waals surface area contributed by atoms with E-state index in [1.165, 1.54) is 0 Å². The predicted molar refractivity (Wildman–Crippen MR) is 77.0 cm³/mol. The molecular weight excluding hydrogens is 248 g/mol. The third-order valence-electron chi connectivity index (χ3n) is 3.32. The van der Waals surface area contributed by atoms with E-state index in [1.807, 2.05) is 14.0 Å². The van der Waals surface area contributed by atoms with Crippen LogP contribution in [0.25, 0.3) is 0 Å². The van der Waals surface area contributed by atoms with Gasteiger partial charge < -0.3 is 10.2 Å². The first-order valence-corrected chi connectivity index (χ1v) is 7.01. The molecule has 5 heteroatoms. The largest absolute Gasteiger partial charge is 0.309 e. The number of aryl methyl sites for hydroxylation is 2. The van der Waals surface area contributed by atoms with E-state index in [9.17, 15) is 0 Å². The lowest BCUT2D eigenvalue weighted by Crippen LogP contribution is -2.38. The van der Waals surface area contributed by atoms with Crippen molar-refractivity contribution in [3.8, 4) is 0 Å². The minimum atomic E-state index is 0.445. The third-order valence-corrected chi connectivity index (χ3v) is 3.80. The van der Waals surface area contributed by atoms with Crippen LogP contribution < -0.4 is 5.32 Å². The summed E-state index contributed by atoms with van der Waals surface area (Å²) in [4.78, 5) is 2.41. The molecule has 0 aliphatic heterocycles. The van der Waals surface area contributed by atoms with E-state index in [0.717, 1.165) is 42.6 Å². The molecule has 0 bridgehead atoms. The van der Waals surface area contributed by atoms with Crippen molar-refractivity contribution in [2.24, 2.45) is 7.05 Å². The van der Waals surface area contributed by atoms with Crippen molar-refractivity contribution in [2.75, 3.05) is 19.6 Å². The molecule has 1 heterocycles. The summed E-state index contributed by atoms with van der Waals surface area (Å²) in [5.41, 5.74) is 2.11. The third kappa shape index (κ3) is 3.97. The number of rotatable bonds is 7. The zero-order valence-corrected chi connectivity index (χ0v) is 12.9. The highest BCUT2D eigenvalue weighted by Crippen LogP contribution is 2.18. The molecule has 1 rings (SSSR count). The molecule has 1 N–H and O–H groups in total. The molecule has 0 saturated carbocycles. The van der Waals surface area contributed by atoms with Gasteiger partial charge in [0.25, 0.3) is 0 Å². The summed E-state index contributed by atoms with van der Waals surface area (Å²) >= 11 is 6.21. The molecule has 0 spiro atoms. The van der Waals surface area contributed by atoms with E-state index in [0.29, 0.717) is 6.04 Å². The molecule has 1 aromatic heterocycles. The van der Waals surface area contributed by atoms with Gasteiger partial charge in [-0.15, -0.1) is 0 Å². The summed E-state index contributed by atoms with van der Waals surface area (Å²) in [7, 11) is 1.87. The molecule has 18 heavy (non-hydrogen) atoms. The van der Waals surface area contributed by atoms with Crippen LogP contribution in [0.3, 0.4) is 0 Å². The maximum Gasteiger partial charge on any atom is 0.131 e. The second-order valence-corrected chi connectivity index (χ2v) is 5.10. The van der Waals surface area contributed by atoms with Gasteiger partial charge in [-0.3, -0.25) is 4.68 Å². The van der Waals surface area contributed by atoms with Gasteiger partial charge in [0.05, 0.1) is 5.69 Å². The number of hydrogen-bond donors (Lipinski definition) is 1. The van der Waals surface area contributed by atoms with Crippen molar-refractivity contribution in [1.82, 2.24) is 20.0 Å². The lowest BCUT2D eigenvalue weighted by Gasteiger charge is -2.23. The Kier molecular flexibility index (Phi) is 6.12. The Labute approximate surface area is 115 Å². The summed E-state index contributed by atoms with van der Waals surface area (Å²) in [6, 6.07) is 0.445. The standard InChI is InChI=1S/C13H25ClN4/c1-6-18(7-2)9-10(3)15-8-12-11(4)16-17(5)13(12)14/h10,15H,6-9H2,1-5H3. The molecule has 1 aromatic rings. The van der Waals surface area contributed by atoms with E-state index < -0.39 is 0 Å². The van der Waals surface area contributed by atoms with Gasteiger partial charge in [-0.05, 0) is 26.9 Å². The Balaban J connectivity index is 2.49. The van der Waals surface area contributed by atoms with E-state index >= 15 is 0 Å². The second-order valence-electron chi connectivity index (χ2n) is 4.75. The Morgan fingerprint density at radius 3 is 2.44 bits per heavy atom. The first-order chi connectivity index (χ1) is 8.49. The van der Waals surface area contributed by atoms with Crippen LogP contribution in [0.2, 0.25) is 5.15 Å². The fourth-order valence-corrected chi connectivity index (χ4v) is 2.33. The quantitative estimate of drug-likeness (QED) is 0.826.